The smallest absolute Gasteiger partial charge is 0.407 e. The van der Waals surface area contributed by atoms with E-state index in [1.807, 2.05) is 18.2 Å². The first-order valence-electron chi connectivity index (χ1n) is 17.0. The number of ether oxygens (including phenoxy) is 2. The molecule has 49 heavy (non-hydrogen) atoms. The Labute approximate surface area is 286 Å². The molecule has 1 aromatic heterocycles. The molecule has 0 spiro atoms. The van der Waals surface area contributed by atoms with Crippen LogP contribution in [0.2, 0.25) is 0 Å². The van der Waals surface area contributed by atoms with E-state index in [0.717, 1.165) is 35.6 Å². The van der Waals surface area contributed by atoms with Crippen molar-refractivity contribution in [3.63, 3.8) is 0 Å². The van der Waals surface area contributed by atoms with Gasteiger partial charge in [0.05, 0.1) is 18.4 Å². The van der Waals surface area contributed by atoms with Crippen molar-refractivity contribution >= 4 is 44.6 Å². The summed E-state index contributed by atoms with van der Waals surface area (Å²) < 4.78 is 39.3. The molecule has 3 heterocycles. The third-order valence-corrected chi connectivity index (χ3v) is 11.7. The summed E-state index contributed by atoms with van der Waals surface area (Å²) >= 11 is 0. The number of aromatic nitrogens is 1. The lowest BCUT2D eigenvalue weighted by molar-refractivity contribution is -0.142. The summed E-state index contributed by atoms with van der Waals surface area (Å²) in [4.78, 5) is 60.8. The largest absolute Gasteiger partial charge is 0.472 e. The molecular formula is C35H45N5O8S. The van der Waals surface area contributed by atoms with E-state index in [1.165, 1.54) is 11.0 Å². The maximum absolute atomic E-state index is 14.4. The molecule has 1 unspecified atom stereocenters. The Hall–Kier alpha value is -4.20. The lowest BCUT2D eigenvalue weighted by Crippen LogP contribution is -2.60. The third kappa shape index (κ3) is 7.38. The molecule has 0 radical (unpaired) electrons. The molecule has 2 aliphatic carbocycles. The number of hydrogen-bond acceptors (Lipinski definition) is 9. The zero-order chi connectivity index (χ0) is 35.1. The van der Waals surface area contributed by atoms with Crippen LogP contribution in [0.4, 0.5) is 4.79 Å². The zero-order valence-corrected chi connectivity index (χ0v) is 29.0. The number of aryl methyl sites for hydroxylation is 1. The summed E-state index contributed by atoms with van der Waals surface area (Å²) in [5, 5.41) is 6.65. The fourth-order valence-corrected chi connectivity index (χ4v) is 8.10. The summed E-state index contributed by atoms with van der Waals surface area (Å²) in [6.07, 6.45) is 6.14. The molecule has 3 N–H and O–H groups in total. The third-order valence-electron chi connectivity index (χ3n) is 9.89. The van der Waals surface area contributed by atoms with Gasteiger partial charge in [-0.2, -0.15) is 0 Å². The van der Waals surface area contributed by atoms with Crippen LogP contribution in [0.5, 0.6) is 5.88 Å². The number of rotatable bonds is 6. The van der Waals surface area contributed by atoms with Gasteiger partial charge < -0.3 is 25.0 Å². The van der Waals surface area contributed by atoms with Gasteiger partial charge in [0.2, 0.25) is 27.7 Å². The average Bonchev–Trinajstić information content (AvgIpc) is 3.97. The molecule has 3 fully saturated rings. The SMILES string of the molecule is C=C[C@H]1CC1(NC(=O)[C@@H]1C[C@@H]2CN1C(=O)[C@H](C(C)(C)C)NC(=O)OCCCCCc1ccc3ccnc(c3c1)O2)C(=O)NS(=O)(=O)C1CC1. The van der Waals surface area contributed by atoms with E-state index in [-0.39, 0.29) is 26.0 Å². The molecule has 4 aliphatic rings. The van der Waals surface area contributed by atoms with Crippen LogP contribution in [0, 0.1) is 11.3 Å². The highest BCUT2D eigenvalue weighted by atomic mass is 32.2. The minimum Gasteiger partial charge on any atom is -0.472 e. The maximum atomic E-state index is 14.4. The molecule has 1 aromatic carbocycles. The number of cyclic esters (lactones) is 1. The predicted octanol–water partition coefficient (Wildman–Crippen LogP) is 3.12. The van der Waals surface area contributed by atoms with Crippen molar-refractivity contribution < 1.29 is 37.1 Å². The monoisotopic (exact) mass is 695 g/mol. The second-order valence-corrected chi connectivity index (χ2v) is 16.7. The molecule has 13 nitrogen and oxygen atoms in total. The van der Waals surface area contributed by atoms with Gasteiger partial charge in [-0.3, -0.25) is 19.1 Å². The van der Waals surface area contributed by atoms with Gasteiger partial charge >= 0.3 is 6.09 Å². The van der Waals surface area contributed by atoms with Crippen LogP contribution < -0.4 is 20.1 Å². The van der Waals surface area contributed by atoms with E-state index < -0.39 is 74.1 Å². The highest BCUT2D eigenvalue weighted by Crippen LogP contribution is 2.45. The molecule has 1 saturated heterocycles. The van der Waals surface area contributed by atoms with Gasteiger partial charge in [-0.15, -0.1) is 6.58 Å². The van der Waals surface area contributed by atoms with E-state index in [4.69, 9.17) is 9.47 Å². The van der Waals surface area contributed by atoms with Crippen LogP contribution in [-0.2, 0) is 35.6 Å². The lowest BCUT2D eigenvalue weighted by atomic mass is 9.85. The Morgan fingerprint density at radius 2 is 1.92 bits per heavy atom. The number of benzene rings is 1. The fourth-order valence-electron chi connectivity index (χ4n) is 6.74. The maximum Gasteiger partial charge on any atom is 0.407 e. The summed E-state index contributed by atoms with van der Waals surface area (Å²) in [6.45, 7) is 9.37. The average molecular weight is 696 g/mol. The normalized spacial score (nSPS) is 28.0. The molecule has 6 rings (SSSR count). The predicted molar refractivity (Wildman–Crippen MR) is 181 cm³/mol. The Morgan fingerprint density at radius 1 is 1.14 bits per heavy atom. The number of fused-ring (bicyclic) bond motifs is 3. The minimum absolute atomic E-state index is 0.00186. The van der Waals surface area contributed by atoms with Gasteiger partial charge in [0.1, 0.15) is 23.7 Å². The van der Waals surface area contributed by atoms with Gasteiger partial charge in [-0.05, 0) is 73.4 Å². The van der Waals surface area contributed by atoms with Gasteiger partial charge in [-0.1, -0.05) is 39.0 Å². The molecule has 5 atom stereocenters. The molecule has 2 saturated carbocycles. The fraction of sp³-hybridized carbons (Fsp3) is 0.571. The number of alkyl carbamates (subject to hydrolysis) is 1. The molecule has 14 heteroatoms. The minimum atomic E-state index is -3.88. The zero-order valence-electron chi connectivity index (χ0n) is 28.2. The Bertz CT molecular complexity index is 1770. The highest BCUT2D eigenvalue weighted by molar-refractivity contribution is 7.91. The van der Waals surface area contributed by atoms with Crippen LogP contribution in [0.25, 0.3) is 10.8 Å². The van der Waals surface area contributed by atoms with Gasteiger partial charge in [0.25, 0.3) is 5.91 Å². The lowest BCUT2D eigenvalue weighted by Gasteiger charge is -2.35. The van der Waals surface area contributed by atoms with Gasteiger partial charge in [0, 0.05) is 23.9 Å². The molecular weight excluding hydrogens is 650 g/mol. The number of amides is 4. The van der Waals surface area contributed by atoms with Crippen molar-refractivity contribution in [3.8, 4) is 5.88 Å². The second kappa shape index (κ2) is 13.3. The molecule has 4 bridgehead atoms. The number of sulfonamides is 1. The van der Waals surface area contributed by atoms with Crippen LogP contribution in [0.3, 0.4) is 0 Å². The van der Waals surface area contributed by atoms with Crippen LogP contribution >= 0.6 is 0 Å². The number of nitrogens with one attached hydrogen (secondary N) is 3. The Kier molecular flexibility index (Phi) is 9.38. The quantitative estimate of drug-likeness (QED) is 0.384. The van der Waals surface area contributed by atoms with Crippen molar-refractivity contribution in [3.05, 3.63) is 48.7 Å². The Balaban J connectivity index is 1.32. The number of carbonyl (C=O) groups is 4. The summed E-state index contributed by atoms with van der Waals surface area (Å²) in [6, 6.07) is 5.85. The Morgan fingerprint density at radius 3 is 2.61 bits per heavy atom. The van der Waals surface area contributed by atoms with E-state index >= 15 is 0 Å². The number of carbonyl (C=O) groups excluding carboxylic acids is 4. The van der Waals surface area contributed by atoms with Crippen LogP contribution in [0.1, 0.15) is 71.3 Å². The van der Waals surface area contributed by atoms with E-state index in [9.17, 15) is 27.6 Å². The van der Waals surface area contributed by atoms with Crippen LogP contribution in [0.15, 0.2) is 43.1 Å². The molecule has 2 aromatic rings. The molecule has 2 aliphatic heterocycles. The number of pyridine rings is 1. The second-order valence-electron chi connectivity index (χ2n) is 14.7. The van der Waals surface area contributed by atoms with Crippen LogP contribution in [-0.4, -0.2) is 84.2 Å². The van der Waals surface area contributed by atoms with Gasteiger partial charge in [-0.25, -0.2) is 18.2 Å². The molecule has 264 valence electrons. The molecule has 4 amide bonds. The van der Waals surface area contributed by atoms with E-state index in [1.54, 1.807) is 27.0 Å². The van der Waals surface area contributed by atoms with Crippen molar-refractivity contribution in [2.45, 2.75) is 101 Å². The van der Waals surface area contributed by atoms with E-state index in [0.29, 0.717) is 25.1 Å². The first kappa shape index (κ1) is 34.7. The van der Waals surface area contributed by atoms with Crippen molar-refractivity contribution in [1.82, 2.24) is 25.2 Å². The first-order chi connectivity index (χ1) is 23.2. The standard InChI is InChI=1S/C35H45N5O8S/c1-5-23-19-35(23,32(43)39-49(45,46)25-12-13-25)38-29(41)27-18-24-20-40(27)31(42)28(34(2,3)4)37-33(44)47-16-8-6-7-9-21-10-11-22-14-15-36-30(48-24)26(22)17-21/h5,10-11,14-15,17,23-25,27-28H,1,6-9,12-13,16,18-20H2,2-4H3,(H,37,44)(H,38,41)(H,39,43)/t23-,24+,27-,28+,35?/m0/s1. The summed E-state index contributed by atoms with van der Waals surface area (Å²) in [5.41, 5.74) is -1.19. The van der Waals surface area contributed by atoms with Crippen molar-refractivity contribution in [1.29, 1.82) is 0 Å². The summed E-state index contributed by atoms with van der Waals surface area (Å²) in [5.74, 6) is -2.11. The van der Waals surface area contributed by atoms with E-state index in [2.05, 4.69) is 33.0 Å². The van der Waals surface area contributed by atoms with Gasteiger partial charge in [0.15, 0.2) is 0 Å². The first-order valence-corrected chi connectivity index (χ1v) is 18.6. The van der Waals surface area contributed by atoms with Crippen molar-refractivity contribution in [2.24, 2.45) is 11.3 Å². The topological polar surface area (TPSA) is 173 Å². The summed E-state index contributed by atoms with van der Waals surface area (Å²) in [7, 11) is -3.88. The number of nitrogens with zero attached hydrogens (tertiary/aromatic N) is 2. The van der Waals surface area contributed by atoms with Crippen molar-refractivity contribution in [2.75, 3.05) is 13.2 Å². The highest BCUT2D eigenvalue weighted by Gasteiger charge is 2.62. The number of hydrogen-bond donors (Lipinski definition) is 3.